The van der Waals surface area contributed by atoms with Gasteiger partial charge in [0.25, 0.3) is 5.56 Å². The molecule has 0 bridgehead atoms. The Morgan fingerprint density at radius 3 is 2.66 bits per heavy atom. The standard InChI is InChI=1S/C32H26N4O3S2/c1-4-39-31(38)28-19(2)34-32-36(29(28)26-14-9-15-40-26)30(37)27(41-32)16-24-20(3)35(25-13-8-7-12-23(24)25)18-22-11-6-5-10-21(22)17-33/h5-16,29H,4,18H2,1-3H3/b27-16-. The van der Waals surface area contributed by atoms with Crippen LogP contribution in [0.1, 0.15) is 47.2 Å². The third kappa shape index (κ3) is 4.55. The number of esters is 1. The van der Waals surface area contributed by atoms with Crippen molar-refractivity contribution < 1.29 is 9.53 Å². The Labute approximate surface area is 244 Å². The van der Waals surface area contributed by atoms with Crippen LogP contribution in [0.5, 0.6) is 0 Å². The summed E-state index contributed by atoms with van der Waals surface area (Å²) in [4.78, 5) is 33.2. The van der Waals surface area contributed by atoms with Crippen molar-refractivity contribution in [3.8, 4) is 6.07 Å². The zero-order valence-electron chi connectivity index (χ0n) is 22.7. The van der Waals surface area contributed by atoms with Gasteiger partial charge in [0, 0.05) is 33.6 Å². The number of aromatic nitrogens is 2. The van der Waals surface area contributed by atoms with Gasteiger partial charge in [-0.05, 0) is 56.0 Å². The first-order valence-corrected chi connectivity index (χ1v) is 14.9. The van der Waals surface area contributed by atoms with Crippen molar-refractivity contribution in [2.45, 2.75) is 33.4 Å². The van der Waals surface area contributed by atoms with E-state index in [0.29, 0.717) is 32.7 Å². The molecule has 0 saturated heterocycles. The van der Waals surface area contributed by atoms with Gasteiger partial charge < -0.3 is 9.30 Å². The second-order valence-electron chi connectivity index (χ2n) is 9.69. The lowest BCUT2D eigenvalue weighted by molar-refractivity contribution is -0.139. The number of benzene rings is 2. The number of nitrogens with zero attached hydrogens (tertiary/aromatic N) is 4. The summed E-state index contributed by atoms with van der Waals surface area (Å²) in [6, 6.07) is 21.2. The van der Waals surface area contributed by atoms with E-state index in [0.717, 1.165) is 32.6 Å². The van der Waals surface area contributed by atoms with Crippen molar-refractivity contribution >= 4 is 45.6 Å². The van der Waals surface area contributed by atoms with E-state index in [1.807, 2.05) is 66.9 Å². The number of hydrogen-bond donors (Lipinski definition) is 0. The Morgan fingerprint density at radius 1 is 1.12 bits per heavy atom. The van der Waals surface area contributed by atoms with Gasteiger partial charge in [0.15, 0.2) is 4.80 Å². The third-order valence-electron chi connectivity index (χ3n) is 7.35. The number of thiazole rings is 1. The molecule has 0 fully saturated rings. The molecule has 0 saturated carbocycles. The summed E-state index contributed by atoms with van der Waals surface area (Å²) in [7, 11) is 0. The van der Waals surface area contributed by atoms with E-state index in [9.17, 15) is 14.9 Å². The number of para-hydroxylation sites is 1. The van der Waals surface area contributed by atoms with Crippen LogP contribution in [0.2, 0.25) is 0 Å². The molecule has 0 N–H and O–H groups in total. The predicted molar refractivity (Wildman–Crippen MR) is 162 cm³/mol. The van der Waals surface area contributed by atoms with Gasteiger partial charge >= 0.3 is 5.97 Å². The van der Waals surface area contributed by atoms with E-state index in [1.54, 1.807) is 18.4 Å². The smallest absolute Gasteiger partial charge is 0.338 e. The van der Waals surface area contributed by atoms with E-state index in [4.69, 9.17) is 4.74 Å². The Morgan fingerprint density at radius 2 is 1.90 bits per heavy atom. The summed E-state index contributed by atoms with van der Waals surface area (Å²) in [6.45, 7) is 6.36. The Balaban J connectivity index is 1.54. The van der Waals surface area contributed by atoms with Gasteiger partial charge in [-0.25, -0.2) is 9.79 Å². The topological polar surface area (TPSA) is 89.4 Å². The molecule has 1 aliphatic rings. The summed E-state index contributed by atoms with van der Waals surface area (Å²) < 4.78 is 9.72. The maximum absolute atomic E-state index is 14.1. The van der Waals surface area contributed by atoms with Crippen LogP contribution < -0.4 is 14.9 Å². The number of carbonyl (C=O) groups excluding carboxylic acids is 1. The number of carbonyl (C=O) groups is 1. The molecule has 9 heteroatoms. The molecule has 0 amide bonds. The van der Waals surface area contributed by atoms with Gasteiger partial charge in [-0.2, -0.15) is 5.26 Å². The fourth-order valence-corrected chi connectivity index (χ4v) is 7.27. The average Bonchev–Trinajstić information content (AvgIpc) is 3.68. The highest BCUT2D eigenvalue weighted by molar-refractivity contribution is 7.10. The Hall–Kier alpha value is -4.52. The molecule has 0 spiro atoms. The van der Waals surface area contributed by atoms with Gasteiger partial charge in [0.05, 0.1) is 34.0 Å². The van der Waals surface area contributed by atoms with Crippen LogP contribution >= 0.6 is 22.7 Å². The summed E-state index contributed by atoms with van der Waals surface area (Å²) in [5.74, 6) is -0.460. The van der Waals surface area contributed by atoms with Crippen molar-refractivity contribution in [1.29, 1.82) is 5.26 Å². The molecule has 1 unspecified atom stereocenters. The van der Waals surface area contributed by atoms with Crippen molar-refractivity contribution in [2.75, 3.05) is 6.61 Å². The van der Waals surface area contributed by atoms with Gasteiger partial charge in [0.1, 0.15) is 6.04 Å². The van der Waals surface area contributed by atoms with E-state index >= 15 is 0 Å². The normalized spacial score (nSPS) is 15.1. The molecule has 0 aliphatic carbocycles. The van der Waals surface area contributed by atoms with Crippen LogP contribution in [0.25, 0.3) is 17.0 Å². The zero-order valence-corrected chi connectivity index (χ0v) is 24.4. The highest BCUT2D eigenvalue weighted by Gasteiger charge is 2.34. The lowest BCUT2D eigenvalue weighted by Crippen LogP contribution is -2.39. The second kappa shape index (κ2) is 10.8. The Bertz CT molecular complexity index is 2070. The summed E-state index contributed by atoms with van der Waals surface area (Å²) >= 11 is 2.81. The van der Waals surface area contributed by atoms with Crippen molar-refractivity contribution in [1.82, 2.24) is 9.13 Å². The van der Waals surface area contributed by atoms with Gasteiger partial charge in [0.2, 0.25) is 0 Å². The van der Waals surface area contributed by atoms with Gasteiger partial charge in [-0.1, -0.05) is 53.8 Å². The van der Waals surface area contributed by atoms with E-state index in [1.165, 1.54) is 22.7 Å². The van der Waals surface area contributed by atoms with Gasteiger partial charge in [-0.15, -0.1) is 11.3 Å². The largest absolute Gasteiger partial charge is 0.463 e. The van der Waals surface area contributed by atoms with Crippen molar-refractivity contribution in [3.63, 3.8) is 0 Å². The fraction of sp³-hybridized carbons (Fsp3) is 0.188. The van der Waals surface area contributed by atoms with Crippen molar-refractivity contribution in [2.24, 2.45) is 4.99 Å². The quantitative estimate of drug-likeness (QED) is 0.264. The molecule has 0 radical (unpaired) electrons. The molecule has 204 valence electrons. The van der Waals surface area contributed by atoms with Crippen LogP contribution in [0.15, 0.2) is 87.1 Å². The summed E-state index contributed by atoms with van der Waals surface area (Å²) in [5.41, 5.74) is 5.26. The highest BCUT2D eigenvalue weighted by Crippen LogP contribution is 2.33. The molecule has 5 aromatic rings. The van der Waals surface area contributed by atoms with E-state index in [2.05, 4.69) is 27.8 Å². The average molecular weight is 579 g/mol. The summed E-state index contributed by atoms with van der Waals surface area (Å²) in [6.07, 6.45) is 1.93. The maximum Gasteiger partial charge on any atom is 0.338 e. The predicted octanol–water partition coefficient (Wildman–Crippen LogP) is 5.04. The summed E-state index contributed by atoms with van der Waals surface area (Å²) in [5, 5.41) is 12.6. The first-order chi connectivity index (χ1) is 19.9. The van der Waals surface area contributed by atoms with Crippen molar-refractivity contribution in [3.05, 3.63) is 124 Å². The maximum atomic E-state index is 14.1. The fourth-order valence-electron chi connectivity index (χ4n) is 5.42. The molecule has 3 aromatic heterocycles. The molecule has 41 heavy (non-hydrogen) atoms. The van der Waals surface area contributed by atoms with Crippen LogP contribution in [0.3, 0.4) is 0 Å². The number of rotatable bonds is 6. The first kappa shape index (κ1) is 26.7. The second-order valence-corrected chi connectivity index (χ2v) is 11.7. The van der Waals surface area contributed by atoms with Crippen LogP contribution in [-0.4, -0.2) is 21.7 Å². The third-order valence-corrected chi connectivity index (χ3v) is 9.26. The van der Waals surface area contributed by atoms with E-state index < -0.39 is 12.0 Å². The molecule has 7 nitrogen and oxygen atoms in total. The molecule has 1 aliphatic heterocycles. The van der Waals surface area contributed by atoms with E-state index in [-0.39, 0.29) is 12.2 Å². The molecule has 4 heterocycles. The lowest BCUT2D eigenvalue weighted by atomic mass is 10.0. The van der Waals surface area contributed by atoms with Crippen LogP contribution in [0.4, 0.5) is 0 Å². The molecule has 1 atom stereocenters. The molecular weight excluding hydrogens is 553 g/mol. The number of allylic oxidation sites excluding steroid dienone is 1. The first-order valence-electron chi connectivity index (χ1n) is 13.2. The number of nitriles is 1. The zero-order chi connectivity index (χ0) is 28.7. The monoisotopic (exact) mass is 578 g/mol. The minimum atomic E-state index is -0.600. The van der Waals surface area contributed by atoms with Crippen LogP contribution in [0, 0.1) is 18.3 Å². The minimum Gasteiger partial charge on any atom is -0.463 e. The Kier molecular flexibility index (Phi) is 7.03. The number of ether oxygens (including phenoxy) is 1. The number of hydrogen-bond acceptors (Lipinski definition) is 7. The molecular formula is C32H26N4O3S2. The number of fused-ring (bicyclic) bond motifs is 2. The number of thiophene rings is 1. The molecule has 2 aromatic carbocycles. The molecule has 6 rings (SSSR count). The minimum absolute atomic E-state index is 0.201. The lowest BCUT2D eigenvalue weighted by Gasteiger charge is -2.23. The van der Waals surface area contributed by atoms with Gasteiger partial charge in [-0.3, -0.25) is 9.36 Å². The SMILES string of the molecule is CCOC(=O)C1=C(C)N=c2s/c(=C\c3c(C)n(Cc4ccccc4C#N)c4ccccc34)c(=O)n2C1c1cccs1. The van der Waals surface area contributed by atoms with Crippen LogP contribution in [-0.2, 0) is 16.1 Å². The highest BCUT2D eigenvalue weighted by atomic mass is 32.1.